The van der Waals surface area contributed by atoms with Crippen LogP contribution in [0.2, 0.25) is 0 Å². The van der Waals surface area contributed by atoms with Crippen molar-refractivity contribution in [3.8, 4) is 0 Å². The number of alkyl halides is 1. The van der Waals surface area contributed by atoms with Crippen LogP contribution >= 0.6 is 22.6 Å². The molecule has 0 aromatic carbocycles. The Balaban J connectivity index is 2.72. The molecule has 0 aliphatic carbocycles. The van der Waals surface area contributed by atoms with Crippen LogP contribution < -0.4 is 10.6 Å². The molecule has 0 saturated carbocycles. The van der Waals surface area contributed by atoms with E-state index in [4.69, 9.17) is 0 Å². The van der Waals surface area contributed by atoms with Gasteiger partial charge >= 0.3 is 0 Å². The zero-order valence-electron chi connectivity index (χ0n) is 5.37. The summed E-state index contributed by atoms with van der Waals surface area (Å²) in [6.45, 7) is 5.18. The lowest BCUT2D eigenvalue weighted by molar-refractivity contribution is 0.554. The first-order valence-electron chi connectivity index (χ1n) is 2.77. The largest absolute Gasteiger partial charge is 0.302 e. The smallest absolute Gasteiger partial charge is 0.0489 e. The minimum Gasteiger partial charge on any atom is -0.302 e. The zero-order valence-corrected chi connectivity index (χ0v) is 7.53. The molecular formula is C5H13IN2. The summed E-state index contributed by atoms with van der Waals surface area (Å²) in [5.74, 6) is 0. The molecule has 0 rings (SSSR count). The normalized spacial score (nSPS) is 10.5. The van der Waals surface area contributed by atoms with Crippen molar-refractivity contribution in [3.63, 3.8) is 0 Å². The molecule has 0 unspecified atom stereocenters. The second kappa shape index (κ2) is 5.78. The molecule has 50 valence electrons. The van der Waals surface area contributed by atoms with Crippen molar-refractivity contribution in [1.82, 2.24) is 10.6 Å². The van der Waals surface area contributed by atoms with Crippen molar-refractivity contribution in [3.05, 3.63) is 0 Å². The first-order valence-corrected chi connectivity index (χ1v) is 4.30. The molecular weight excluding hydrogens is 215 g/mol. The van der Waals surface area contributed by atoms with Gasteiger partial charge in [-0.3, -0.25) is 5.32 Å². The Morgan fingerprint density at radius 1 is 1.50 bits per heavy atom. The van der Waals surface area contributed by atoms with Crippen LogP contribution in [0.25, 0.3) is 0 Å². The standard InChI is InChI=1S/C5H13IN2/c1-5(2)8-4-7-3-6/h5,7-8H,3-4H2,1-2H3. The lowest BCUT2D eigenvalue weighted by Gasteiger charge is -2.06. The summed E-state index contributed by atoms with van der Waals surface area (Å²) in [5, 5.41) is 6.39. The molecule has 0 radical (unpaired) electrons. The molecule has 8 heavy (non-hydrogen) atoms. The van der Waals surface area contributed by atoms with Crippen LogP contribution in [0.3, 0.4) is 0 Å². The molecule has 0 aromatic heterocycles. The third-order valence-corrected chi connectivity index (χ3v) is 1.27. The quantitative estimate of drug-likeness (QED) is 0.246. The van der Waals surface area contributed by atoms with Gasteiger partial charge in [-0.15, -0.1) is 0 Å². The number of hydrogen-bond acceptors (Lipinski definition) is 2. The average Bonchev–Trinajstić information content (AvgIpc) is 1.66. The van der Waals surface area contributed by atoms with Crippen molar-refractivity contribution in [1.29, 1.82) is 0 Å². The SMILES string of the molecule is CC(C)NCNCI. The molecule has 2 N–H and O–H groups in total. The minimum absolute atomic E-state index is 0.588. The summed E-state index contributed by atoms with van der Waals surface area (Å²) in [6, 6.07) is 0.588. The topological polar surface area (TPSA) is 24.1 Å². The van der Waals surface area contributed by atoms with Crippen molar-refractivity contribution >= 4 is 22.6 Å². The molecule has 0 fully saturated rings. The van der Waals surface area contributed by atoms with Gasteiger partial charge in [-0.1, -0.05) is 22.6 Å². The molecule has 0 aliphatic heterocycles. The summed E-state index contributed by atoms with van der Waals surface area (Å²) < 4.78 is 1.01. The van der Waals surface area contributed by atoms with Crippen molar-refractivity contribution in [2.45, 2.75) is 19.9 Å². The first kappa shape index (κ1) is 8.65. The number of halogens is 1. The maximum Gasteiger partial charge on any atom is 0.0489 e. The van der Waals surface area contributed by atoms with Crippen LogP contribution in [0.15, 0.2) is 0 Å². The molecule has 2 nitrogen and oxygen atoms in total. The molecule has 0 bridgehead atoms. The van der Waals surface area contributed by atoms with E-state index in [2.05, 4.69) is 47.1 Å². The third kappa shape index (κ3) is 6.65. The Morgan fingerprint density at radius 3 is 2.50 bits per heavy atom. The highest BCUT2D eigenvalue weighted by atomic mass is 127. The first-order chi connectivity index (χ1) is 3.77. The van der Waals surface area contributed by atoms with Crippen LogP contribution in [0.1, 0.15) is 13.8 Å². The predicted octanol–water partition coefficient (Wildman–Crippen LogP) is 0.924. The average molecular weight is 228 g/mol. The summed E-state index contributed by atoms with van der Waals surface area (Å²) >= 11 is 2.28. The number of rotatable bonds is 4. The predicted molar refractivity (Wildman–Crippen MR) is 45.2 cm³/mol. The van der Waals surface area contributed by atoms with Crippen LogP contribution in [0.4, 0.5) is 0 Å². The summed E-state index contributed by atoms with van der Waals surface area (Å²) in [6.07, 6.45) is 0. The van der Waals surface area contributed by atoms with Gasteiger partial charge in [0.15, 0.2) is 0 Å². The van der Waals surface area contributed by atoms with E-state index < -0.39 is 0 Å². The van der Waals surface area contributed by atoms with Gasteiger partial charge in [0.2, 0.25) is 0 Å². The lowest BCUT2D eigenvalue weighted by atomic mass is 10.4. The molecule has 0 atom stereocenters. The van der Waals surface area contributed by atoms with E-state index in [-0.39, 0.29) is 0 Å². The van der Waals surface area contributed by atoms with Crippen LogP contribution in [-0.4, -0.2) is 17.3 Å². The second-order valence-corrected chi connectivity index (χ2v) is 2.68. The van der Waals surface area contributed by atoms with Crippen molar-refractivity contribution in [2.75, 3.05) is 11.2 Å². The van der Waals surface area contributed by atoms with E-state index in [9.17, 15) is 0 Å². The summed E-state index contributed by atoms with van der Waals surface area (Å²) in [7, 11) is 0. The summed E-state index contributed by atoms with van der Waals surface area (Å²) in [5.41, 5.74) is 0. The van der Waals surface area contributed by atoms with Crippen molar-refractivity contribution in [2.24, 2.45) is 0 Å². The molecule has 0 heterocycles. The maximum atomic E-state index is 3.23. The van der Waals surface area contributed by atoms with E-state index in [0.29, 0.717) is 6.04 Å². The Kier molecular flexibility index (Phi) is 6.25. The molecule has 3 heteroatoms. The van der Waals surface area contributed by atoms with E-state index in [1.54, 1.807) is 0 Å². The maximum absolute atomic E-state index is 3.23. The fourth-order valence-corrected chi connectivity index (χ4v) is 0.593. The highest BCUT2D eigenvalue weighted by Gasteiger charge is 1.86. The molecule has 0 aromatic rings. The van der Waals surface area contributed by atoms with Gasteiger partial charge in [-0.05, 0) is 13.8 Å². The highest BCUT2D eigenvalue weighted by molar-refractivity contribution is 14.1. The second-order valence-electron chi connectivity index (χ2n) is 1.92. The monoisotopic (exact) mass is 228 g/mol. The van der Waals surface area contributed by atoms with Gasteiger partial charge in [0.1, 0.15) is 0 Å². The molecule has 0 aliphatic rings. The Hall–Kier alpha value is 0.650. The Morgan fingerprint density at radius 2 is 2.12 bits per heavy atom. The third-order valence-electron chi connectivity index (χ3n) is 0.730. The van der Waals surface area contributed by atoms with Gasteiger partial charge in [0.25, 0.3) is 0 Å². The summed E-state index contributed by atoms with van der Waals surface area (Å²) in [4.78, 5) is 0. The molecule has 0 spiro atoms. The van der Waals surface area contributed by atoms with E-state index in [0.717, 1.165) is 11.2 Å². The van der Waals surface area contributed by atoms with Gasteiger partial charge < -0.3 is 5.32 Å². The van der Waals surface area contributed by atoms with Crippen LogP contribution in [0.5, 0.6) is 0 Å². The number of hydrogen-bond donors (Lipinski definition) is 2. The van der Waals surface area contributed by atoms with Gasteiger partial charge in [-0.2, -0.15) is 0 Å². The molecule has 0 saturated heterocycles. The van der Waals surface area contributed by atoms with E-state index >= 15 is 0 Å². The highest BCUT2D eigenvalue weighted by Crippen LogP contribution is 1.74. The van der Waals surface area contributed by atoms with E-state index in [1.807, 2.05) is 0 Å². The Bertz CT molecular complexity index is 47.7. The number of nitrogens with one attached hydrogen (secondary N) is 2. The van der Waals surface area contributed by atoms with Crippen LogP contribution in [0, 0.1) is 0 Å². The molecule has 0 amide bonds. The minimum atomic E-state index is 0.588. The fourth-order valence-electron chi connectivity index (χ4n) is 0.324. The van der Waals surface area contributed by atoms with Gasteiger partial charge in [0.05, 0.1) is 0 Å². The Labute approximate surface area is 64.6 Å². The zero-order chi connectivity index (χ0) is 6.41. The fraction of sp³-hybridized carbons (Fsp3) is 1.00. The van der Waals surface area contributed by atoms with Crippen LogP contribution in [-0.2, 0) is 0 Å². The van der Waals surface area contributed by atoms with Crippen molar-refractivity contribution < 1.29 is 0 Å². The van der Waals surface area contributed by atoms with Gasteiger partial charge in [-0.25, -0.2) is 0 Å². The lowest BCUT2D eigenvalue weighted by Crippen LogP contribution is -2.32. The van der Waals surface area contributed by atoms with E-state index in [1.165, 1.54) is 0 Å². The van der Waals surface area contributed by atoms with Gasteiger partial charge in [0, 0.05) is 17.3 Å².